The van der Waals surface area contributed by atoms with Crippen LogP contribution in [0, 0.1) is 0 Å². The van der Waals surface area contributed by atoms with Crippen LogP contribution in [0.4, 0.5) is 5.69 Å². The monoisotopic (exact) mass is 579 g/mol. The third kappa shape index (κ3) is 6.58. The Labute approximate surface area is 247 Å². The van der Waals surface area contributed by atoms with Crippen molar-refractivity contribution in [1.29, 1.82) is 0 Å². The van der Waals surface area contributed by atoms with Crippen LogP contribution in [0.5, 0.6) is 0 Å². The molecule has 42 heavy (non-hydrogen) atoms. The van der Waals surface area contributed by atoms with Gasteiger partial charge in [0.15, 0.2) is 6.29 Å². The number of nitrogens with zero attached hydrogens (tertiary/aromatic N) is 4. The Balaban J connectivity index is 1.22. The molecular formula is C32H29N5O4S. The standard InChI is InChI=1S/C32H29N5O4S/c38-20-22-14-16-23(17-15-22)29-19-28(21-42-32-34-35-36-37(32)27-12-5-2-6-13-27)40-31(41-29)25-10-7-11-26(18-25)33-30(39)24-8-3-1-4-9-24/h1-18,28-29,31,38H,19-21H2,(H,33,39)/t28-,29+,31+/m1/s1. The number of para-hydroxylation sites is 1. The lowest BCUT2D eigenvalue weighted by atomic mass is 10.0. The van der Waals surface area contributed by atoms with Gasteiger partial charge in [-0.25, -0.2) is 0 Å². The van der Waals surface area contributed by atoms with Crippen LogP contribution in [-0.2, 0) is 16.1 Å². The highest BCUT2D eigenvalue weighted by Gasteiger charge is 2.33. The van der Waals surface area contributed by atoms with Crippen molar-refractivity contribution in [1.82, 2.24) is 20.2 Å². The van der Waals surface area contributed by atoms with Gasteiger partial charge in [0, 0.05) is 29.0 Å². The Bertz CT molecular complexity index is 1620. The zero-order chi connectivity index (χ0) is 28.7. The first-order valence-electron chi connectivity index (χ1n) is 13.6. The van der Waals surface area contributed by atoms with Crippen molar-refractivity contribution in [3.8, 4) is 5.69 Å². The molecule has 0 radical (unpaired) electrons. The molecule has 0 aliphatic carbocycles. The summed E-state index contributed by atoms with van der Waals surface area (Å²) >= 11 is 1.52. The number of carbonyl (C=O) groups excluding carboxylic acids is 1. The summed E-state index contributed by atoms with van der Waals surface area (Å²) in [6, 6.07) is 34.1. The van der Waals surface area contributed by atoms with Gasteiger partial charge in [-0.2, -0.15) is 4.68 Å². The van der Waals surface area contributed by atoms with Gasteiger partial charge in [-0.3, -0.25) is 4.79 Å². The number of hydrogen-bond acceptors (Lipinski definition) is 8. The number of thioether (sulfide) groups is 1. The van der Waals surface area contributed by atoms with Crippen LogP contribution in [0.25, 0.3) is 5.69 Å². The second kappa shape index (κ2) is 13.1. The molecule has 0 bridgehead atoms. The number of nitrogens with one attached hydrogen (secondary N) is 1. The second-order valence-corrected chi connectivity index (χ2v) is 10.8. The molecule has 1 amide bonds. The van der Waals surface area contributed by atoms with E-state index in [4.69, 9.17) is 9.47 Å². The first kappa shape index (κ1) is 27.8. The van der Waals surface area contributed by atoms with Crippen LogP contribution >= 0.6 is 11.8 Å². The second-order valence-electron chi connectivity index (χ2n) is 9.82. The van der Waals surface area contributed by atoms with Crippen LogP contribution in [0.15, 0.2) is 114 Å². The number of tetrazole rings is 1. The van der Waals surface area contributed by atoms with Crippen molar-refractivity contribution in [3.05, 3.63) is 131 Å². The normalized spacial score (nSPS) is 18.5. The van der Waals surface area contributed by atoms with E-state index in [-0.39, 0.29) is 24.7 Å². The van der Waals surface area contributed by atoms with Crippen molar-refractivity contribution in [2.75, 3.05) is 11.1 Å². The molecule has 6 rings (SSSR count). The number of ether oxygens (including phenoxy) is 2. The lowest BCUT2D eigenvalue weighted by molar-refractivity contribution is -0.245. The number of amides is 1. The molecule has 10 heteroatoms. The van der Waals surface area contributed by atoms with Crippen molar-refractivity contribution >= 4 is 23.4 Å². The molecule has 5 aromatic rings. The van der Waals surface area contributed by atoms with E-state index in [1.54, 1.807) is 16.8 Å². The highest BCUT2D eigenvalue weighted by Crippen LogP contribution is 2.40. The van der Waals surface area contributed by atoms with E-state index in [0.29, 0.717) is 28.6 Å². The maximum Gasteiger partial charge on any atom is 0.255 e. The lowest BCUT2D eigenvalue weighted by Gasteiger charge is -2.36. The van der Waals surface area contributed by atoms with Gasteiger partial charge in [0.2, 0.25) is 5.16 Å². The number of carbonyl (C=O) groups is 1. The number of aliphatic hydroxyl groups is 1. The molecule has 1 aliphatic heterocycles. The first-order chi connectivity index (χ1) is 20.7. The van der Waals surface area contributed by atoms with Gasteiger partial charge < -0.3 is 19.9 Å². The van der Waals surface area contributed by atoms with Gasteiger partial charge in [0.05, 0.1) is 24.5 Å². The van der Waals surface area contributed by atoms with E-state index in [9.17, 15) is 9.90 Å². The molecule has 1 aromatic heterocycles. The van der Waals surface area contributed by atoms with Crippen molar-refractivity contribution in [2.45, 2.75) is 36.7 Å². The molecule has 3 atom stereocenters. The van der Waals surface area contributed by atoms with Gasteiger partial charge in [-0.05, 0) is 58.0 Å². The summed E-state index contributed by atoms with van der Waals surface area (Å²) in [6.45, 7) is -0.0194. The predicted octanol–water partition coefficient (Wildman–Crippen LogP) is 5.74. The van der Waals surface area contributed by atoms with E-state index in [0.717, 1.165) is 22.4 Å². The van der Waals surface area contributed by atoms with E-state index in [1.165, 1.54) is 11.8 Å². The third-order valence-corrected chi connectivity index (χ3v) is 7.96. The number of aliphatic hydroxyl groups excluding tert-OH is 1. The topological polar surface area (TPSA) is 111 Å². The Morgan fingerprint density at radius 2 is 1.67 bits per heavy atom. The van der Waals surface area contributed by atoms with E-state index >= 15 is 0 Å². The average Bonchev–Trinajstić information content (AvgIpc) is 3.53. The van der Waals surface area contributed by atoms with Gasteiger partial charge in [0.1, 0.15) is 0 Å². The third-order valence-electron chi connectivity index (χ3n) is 6.91. The summed E-state index contributed by atoms with van der Waals surface area (Å²) in [6.07, 6.45) is -0.459. The fourth-order valence-electron chi connectivity index (χ4n) is 4.75. The number of anilines is 1. The van der Waals surface area contributed by atoms with Crippen molar-refractivity contribution in [3.63, 3.8) is 0 Å². The smallest absolute Gasteiger partial charge is 0.255 e. The summed E-state index contributed by atoms with van der Waals surface area (Å²) in [5.41, 5.74) is 4.74. The Kier molecular flexibility index (Phi) is 8.67. The Morgan fingerprint density at radius 3 is 2.43 bits per heavy atom. The van der Waals surface area contributed by atoms with Crippen LogP contribution < -0.4 is 5.32 Å². The maximum absolute atomic E-state index is 12.8. The minimum Gasteiger partial charge on any atom is -0.392 e. The average molecular weight is 580 g/mol. The number of aromatic nitrogens is 4. The van der Waals surface area contributed by atoms with Crippen LogP contribution in [-0.4, -0.2) is 43.1 Å². The van der Waals surface area contributed by atoms with Crippen molar-refractivity contribution in [2.24, 2.45) is 0 Å². The predicted molar refractivity (Wildman–Crippen MR) is 159 cm³/mol. The fraction of sp³-hybridized carbons (Fsp3) is 0.188. The molecule has 1 aliphatic rings. The highest BCUT2D eigenvalue weighted by atomic mass is 32.2. The lowest BCUT2D eigenvalue weighted by Crippen LogP contribution is -2.31. The minimum absolute atomic E-state index is 0.0194. The summed E-state index contributed by atoms with van der Waals surface area (Å²) in [7, 11) is 0. The molecule has 2 heterocycles. The zero-order valence-corrected chi connectivity index (χ0v) is 23.4. The fourth-order valence-corrected chi connectivity index (χ4v) is 5.65. The molecule has 1 fully saturated rings. The highest BCUT2D eigenvalue weighted by molar-refractivity contribution is 7.99. The van der Waals surface area contributed by atoms with Gasteiger partial charge in [0.25, 0.3) is 5.91 Å². The number of rotatable bonds is 9. The quantitative estimate of drug-likeness (QED) is 0.213. The zero-order valence-electron chi connectivity index (χ0n) is 22.6. The molecule has 2 N–H and O–H groups in total. The summed E-state index contributed by atoms with van der Waals surface area (Å²) in [5.74, 6) is 0.411. The summed E-state index contributed by atoms with van der Waals surface area (Å²) in [4.78, 5) is 12.8. The van der Waals surface area contributed by atoms with Crippen LogP contribution in [0.3, 0.4) is 0 Å². The molecule has 0 spiro atoms. The maximum atomic E-state index is 12.8. The number of benzene rings is 4. The Morgan fingerprint density at radius 1 is 0.905 bits per heavy atom. The van der Waals surface area contributed by atoms with E-state index in [1.807, 2.05) is 97.1 Å². The Hall–Kier alpha value is -4.35. The molecular weight excluding hydrogens is 550 g/mol. The molecule has 4 aromatic carbocycles. The number of hydrogen-bond donors (Lipinski definition) is 2. The van der Waals surface area contributed by atoms with Crippen molar-refractivity contribution < 1.29 is 19.4 Å². The summed E-state index contributed by atoms with van der Waals surface area (Å²) in [5, 5.41) is 25.4. The summed E-state index contributed by atoms with van der Waals surface area (Å²) < 4.78 is 14.7. The molecule has 1 saturated heterocycles. The first-order valence-corrected chi connectivity index (χ1v) is 14.6. The van der Waals surface area contributed by atoms with E-state index < -0.39 is 6.29 Å². The molecule has 0 unspecified atom stereocenters. The molecule has 0 saturated carbocycles. The largest absolute Gasteiger partial charge is 0.392 e. The van der Waals surface area contributed by atoms with Gasteiger partial charge >= 0.3 is 0 Å². The van der Waals surface area contributed by atoms with Crippen LogP contribution in [0.2, 0.25) is 0 Å². The van der Waals surface area contributed by atoms with Crippen LogP contribution in [0.1, 0.15) is 45.9 Å². The van der Waals surface area contributed by atoms with Gasteiger partial charge in [-0.15, -0.1) is 5.10 Å². The van der Waals surface area contributed by atoms with E-state index in [2.05, 4.69) is 20.8 Å². The van der Waals surface area contributed by atoms with Gasteiger partial charge in [-0.1, -0.05) is 84.6 Å². The molecule has 212 valence electrons. The SMILES string of the molecule is O=C(Nc1cccc([C@H]2O[C@@H](CSc3nnnn3-c3ccccc3)C[C@@H](c3ccc(CO)cc3)O2)c1)c1ccccc1. The molecule has 9 nitrogen and oxygen atoms in total. The minimum atomic E-state index is -0.662.